The van der Waals surface area contributed by atoms with Crippen LogP contribution in [-0.4, -0.2) is 64.9 Å². The molecule has 1 aromatic carbocycles. The van der Waals surface area contributed by atoms with Gasteiger partial charge >= 0.3 is 0 Å². The molecular weight excluding hydrogens is 354 g/mol. The van der Waals surface area contributed by atoms with E-state index < -0.39 is 0 Å². The highest BCUT2D eigenvalue weighted by atomic mass is 16.6. The van der Waals surface area contributed by atoms with Gasteiger partial charge < -0.3 is 20.6 Å². The van der Waals surface area contributed by atoms with Crippen molar-refractivity contribution in [3.8, 4) is 0 Å². The van der Waals surface area contributed by atoms with Crippen LogP contribution in [0.15, 0.2) is 28.9 Å². The van der Waals surface area contributed by atoms with Gasteiger partial charge in [-0.3, -0.25) is 9.69 Å². The van der Waals surface area contributed by atoms with Gasteiger partial charge in [0.25, 0.3) is 0 Å². The maximum atomic E-state index is 12.7. The number of benzene rings is 1. The van der Waals surface area contributed by atoms with Crippen LogP contribution in [0.5, 0.6) is 0 Å². The fraction of sp³-hybridized carbons (Fsp3) is 0.588. The molecule has 2 rings (SSSR count). The Hall–Kier alpha value is -2.59. The summed E-state index contributed by atoms with van der Waals surface area (Å²) in [6.07, 6.45) is 0. The molecule has 1 aromatic rings. The number of para-hydroxylation sites is 1. The van der Waals surface area contributed by atoms with Crippen molar-refractivity contribution in [3.05, 3.63) is 39.1 Å². The lowest BCUT2D eigenvalue weighted by Gasteiger charge is -2.39. The molecule has 0 spiro atoms. The molecule has 1 fully saturated rings. The number of nitrogens with one attached hydrogen (secondary N) is 1. The minimum atomic E-state index is -0.0530. The van der Waals surface area contributed by atoms with E-state index in [1.165, 1.54) is 10.7 Å². The van der Waals surface area contributed by atoms with Crippen molar-refractivity contribution in [2.24, 2.45) is 10.7 Å². The minimum Gasteiger partial charge on any atom is -0.379 e. The molecule has 1 unspecified atom stereocenters. The largest absolute Gasteiger partial charge is 0.379 e. The minimum absolute atomic E-state index is 0.0530. The summed E-state index contributed by atoms with van der Waals surface area (Å²) in [7, 11) is 0. The zero-order valence-electron chi connectivity index (χ0n) is 16.3. The molecule has 10 heteroatoms. The molecule has 0 saturated carbocycles. The molecule has 0 aromatic heterocycles. The van der Waals surface area contributed by atoms with Crippen LogP contribution in [0.3, 0.4) is 0 Å². The van der Waals surface area contributed by atoms with Crippen molar-refractivity contribution in [3.63, 3.8) is 0 Å². The average Bonchev–Trinajstić information content (AvgIpc) is 2.65. The Morgan fingerprint density at radius 2 is 1.63 bits per heavy atom. The van der Waals surface area contributed by atoms with Crippen molar-refractivity contribution in [2.75, 3.05) is 38.0 Å². The number of anilines is 1. The molecule has 1 saturated heterocycles. The van der Waals surface area contributed by atoms with E-state index in [0.717, 1.165) is 49.5 Å². The quantitative estimate of drug-likeness (QED) is 0.537. The average molecular weight is 383 g/mol. The predicted octanol–water partition coefficient (Wildman–Crippen LogP) is 2.55. The number of hydrogen-bond donors (Lipinski definition) is 3. The first-order valence-corrected chi connectivity index (χ1v) is 8.66. The first kappa shape index (κ1) is 24.4. The molecule has 1 heterocycles. The highest BCUT2D eigenvalue weighted by Crippen LogP contribution is 2.21. The summed E-state index contributed by atoms with van der Waals surface area (Å²) < 4.78 is 0. The van der Waals surface area contributed by atoms with E-state index in [-0.39, 0.29) is 11.9 Å². The zero-order chi connectivity index (χ0) is 20.8. The fourth-order valence-electron chi connectivity index (χ4n) is 3.01. The SMILES string of the molecule is CCN1CCN(CC)C(C(=O)Nc2c(C)cccc2C)C1.O=NO.O=NO. The van der Waals surface area contributed by atoms with Crippen molar-refractivity contribution in [1.82, 2.24) is 9.80 Å². The molecule has 0 bridgehead atoms. The van der Waals surface area contributed by atoms with Gasteiger partial charge in [0, 0.05) is 25.3 Å². The molecule has 0 radical (unpaired) electrons. The van der Waals surface area contributed by atoms with Crippen molar-refractivity contribution >= 4 is 11.6 Å². The van der Waals surface area contributed by atoms with Crippen molar-refractivity contribution in [1.29, 1.82) is 0 Å². The normalized spacial score (nSPS) is 16.8. The number of nitrogens with zero attached hydrogens (tertiary/aromatic N) is 4. The molecule has 1 atom stereocenters. The summed E-state index contributed by atoms with van der Waals surface area (Å²) in [5.41, 5.74) is 3.20. The van der Waals surface area contributed by atoms with Crippen LogP contribution < -0.4 is 5.32 Å². The second kappa shape index (κ2) is 13.6. The molecular formula is C17H29N5O5. The lowest BCUT2D eigenvalue weighted by molar-refractivity contribution is -0.123. The molecule has 10 nitrogen and oxygen atoms in total. The standard InChI is InChI=1S/C17H27N3O.2HNO2/c1-5-19-10-11-20(6-2)15(12-19)17(21)18-16-13(3)8-7-9-14(16)4;2*2-1-3/h7-9,15H,5-6,10-12H2,1-4H3,(H,18,21);2*(H,2,3). The number of likely N-dealkylation sites (N-methyl/N-ethyl adjacent to an activating group) is 2. The lowest BCUT2D eigenvalue weighted by atomic mass is 10.1. The summed E-state index contributed by atoms with van der Waals surface area (Å²) in [6, 6.07) is 6.06. The summed E-state index contributed by atoms with van der Waals surface area (Å²) in [5.74, 6) is 0.118. The van der Waals surface area contributed by atoms with Gasteiger partial charge in [-0.05, 0) is 38.1 Å². The van der Waals surface area contributed by atoms with E-state index in [9.17, 15) is 4.79 Å². The van der Waals surface area contributed by atoms with Crippen LogP contribution in [0.25, 0.3) is 0 Å². The monoisotopic (exact) mass is 383 g/mol. The number of amides is 1. The second-order valence-corrected chi connectivity index (χ2v) is 5.96. The van der Waals surface area contributed by atoms with Gasteiger partial charge in [0.2, 0.25) is 5.91 Å². The Bertz CT molecular complexity index is 573. The predicted molar refractivity (Wildman–Crippen MR) is 103 cm³/mol. The highest BCUT2D eigenvalue weighted by molar-refractivity contribution is 5.96. The van der Waals surface area contributed by atoms with Gasteiger partial charge in [-0.15, -0.1) is 9.81 Å². The molecule has 1 aliphatic rings. The van der Waals surface area contributed by atoms with E-state index in [1.54, 1.807) is 0 Å². The van der Waals surface area contributed by atoms with Crippen LogP contribution >= 0.6 is 0 Å². The third-order valence-corrected chi connectivity index (χ3v) is 4.46. The van der Waals surface area contributed by atoms with E-state index >= 15 is 0 Å². The number of piperazine rings is 1. The van der Waals surface area contributed by atoms with E-state index in [0.29, 0.717) is 0 Å². The van der Waals surface area contributed by atoms with Crippen LogP contribution in [0.1, 0.15) is 25.0 Å². The molecule has 0 aliphatic carbocycles. The van der Waals surface area contributed by atoms with Crippen LogP contribution in [0.4, 0.5) is 5.69 Å². The molecule has 27 heavy (non-hydrogen) atoms. The highest BCUT2D eigenvalue weighted by Gasteiger charge is 2.31. The number of rotatable bonds is 4. The fourth-order valence-corrected chi connectivity index (χ4v) is 3.01. The molecule has 152 valence electrons. The molecule has 1 aliphatic heterocycles. The topological polar surface area (TPSA) is 135 Å². The number of hydrogen-bond acceptors (Lipinski definition) is 7. The Morgan fingerprint density at radius 3 is 2.07 bits per heavy atom. The first-order valence-electron chi connectivity index (χ1n) is 8.66. The zero-order valence-corrected chi connectivity index (χ0v) is 16.3. The Kier molecular flexibility index (Phi) is 12.3. The van der Waals surface area contributed by atoms with Crippen molar-refractivity contribution < 1.29 is 15.2 Å². The summed E-state index contributed by atoms with van der Waals surface area (Å²) in [6.45, 7) is 13.1. The second-order valence-electron chi connectivity index (χ2n) is 5.96. The summed E-state index contributed by atoms with van der Waals surface area (Å²) >= 11 is 0. The number of carbonyl (C=O) groups excluding carboxylic acids is 1. The van der Waals surface area contributed by atoms with Gasteiger partial charge in [-0.2, -0.15) is 0 Å². The first-order chi connectivity index (χ1) is 12.9. The molecule has 3 N–H and O–H groups in total. The Labute approximate surface area is 159 Å². The molecule has 1 amide bonds. The van der Waals surface area contributed by atoms with E-state index in [4.69, 9.17) is 20.2 Å². The van der Waals surface area contributed by atoms with Crippen LogP contribution in [-0.2, 0) is 4.79 Å². The van der Waals surface area contributed by atoms with Gasteiger partial charge in [0.15, 0.2) is 10.7 Å². The Morgan fingerprint density at radius 1 is 1.11 bits per heavy atom. The summed E-state index contributed by atoms with van der Waals surface area (Å²) in [5, 5.41) is 18.9. The van der Waals surface area contributed by atoms with Gasteiger partial charge in [0.05, 0.1) is 0 Å². The smallest absolute Gasteiger partial charge is 0.243 e. The van der Waals surface area contributed by atoms with Gasteiger partial charge in [-0.1, -0.05) is 32.0 Å². The lowest BCUT2D eigenvalue weighted by Crippen LogP contribution is -2.57. The maximum Gasteiger partial charge on any atom is 0.243 e. The van der Waals surface area contributed by atoms with Crippen LogP contribution in [0, 0.1) is 23.7 Å². The third-order valence-electron chi connectivity index (χ3n) is 4.46. The number of carbonyl (C=O) groups is 1. The summed E-state index contributed by atoms with van der Waals surface area (Å²) in [4.78, 5) is 33.6. The van der Waals surface area contributed by atoms with Crippen molar-refractivity contribution in [2.45, 2.75) is 33.7 Å². The van der Waals surface area contributed by atoms with E-state index in [1.807, 2.05) is 32.0 Å². The van der Waals surface area contributed by atoms with Gasteiger partial charge in [-0.25, -0.2) is 0 Å². The van der Waals surface area contributed by atoms with Gasteiger partial charge in [0.1, 0.15) is 6.04 Å². The maximum absolute atomic E-state index is 12.7. The van der Waals surface area contributed by atoms with E-state index in [2.05, 4.69) is 29.0 Å². The number of aryl methyl sites for hydroxylation is 2. The third kappa shape index (κ3) is 8.09. The Balaban J connectivity index is 0.000000997. The van der Waals surface area contributed by atoms with Crippen LogP contribution in [0.2, 0.25) is 0 Å².